The summed E-state index contributed by atoms with van der Waals surface area (Å²) < 4.78 is 0. The largest absolute Gasteiger partial charge is 0.329 e. The van der Waals surface area contributed by atoms with Crippen LogP contribution in [0.2, 0.25) is 0 Å². The van der Waals surface area contributed by atoms with E-state index in [1.54, 1.807) is 0 Å². The molecule has 1 aromatic carbocycles. The monoisotopic (exact) mass is 220 g/mol. The van der Waals surface area contributed by atoms with Crippen LogP contribution in [-0.2, 0) is 0 Å². The molecule has 16 heavy (non-hydrogen) atoms. The maximum absolute atomic E-state index is 5.84. The Labute approximate surface area is 99.2 Å². The summed E-state index contributed by atoms with van der Waals surface area (Å²) in [6.45, 7) is 9.35. The minimum Gasteiger partial charge on any atom is -0.329 e. The van der Waals surface area contributed by atoms with E-state index in [4.69, 9.17) is 5.73 Å². The summed E-state index contributed by atoms with van der Waals surface area (Å²) in [5.74, 6) is 0. The number of aryl methyl sites for hydroxylation is 1. The normalized spacial score (nSPS) is 13.8. The van der Waals surface area contributed by atoms with Crippen LogP contribution in [0, 0.1) is 6.92 Å². The van der Waals surface area contributed by atoms with Crippen LogP contribution >= 0.6 is 0 Å². The Morgan fingerprint density at radius 1 is 1.25 bits per heavy atom. The van der Waals surface area contributed by atoms with Crippen LogP contribution < -0.4 is 11.1 Å². The second-order valence-corrected chi connectivity index (χ2v) is 5.08. The molecule has 0 aliphatic carbocycles. The zero-order valence-corrected chi connectivity index (χ0v) is 10.9. The molecule has 0 aliphatic rings. The lowest BCUT2D eigenvalue weighted by Crippen LogP contribution is -2.43. The van der Waals surface area contributed by atoms with E-state index >= 15 is 0 Å². The van der Waals surface area contributed by atoms with E-state index in [0.717, 1.165) is 6.42 Å². The van der Waals surface area contributed by atoms with Crippen molar-refractivity contribution < 1.29 is 0 Å². The van der Waals surface area contributed by atoms with Gasteiger partial charge in [0.05, 0.1) is 0 Å². The van der Waals surface area contributed by atoms with E-state index < -0.39 is 0 Å². The van der Waals surface area contributed by atoms with E-state index in [1.165, 1.54) is 11.1 Å². The van der Waals surface area contributed by atoms with Crippen molar-refractivity contribution in [3.63, 3.8) is 0 Å². The molecule has 3 N–H and O–H groups in total. The molecule has 0 amide bonds. The van der Waals surface area contributed by atoms with Crippen LogP contribution in [0.3, 0.4) is 0 Å². The molecule has 0 saturated carbocycles. The Bertz CT molecular complexity index is 314. The van der Waals surface area contributed by atoms with Crippen LogP contribution in [0.15, 0.2) is 24.3 Å². The summed E-state index contributed by atoms with van der Waals surface area (Å²) in [4.78, 5) is 0. The third-order valence-corrected chi connectivity index (χ3v) is 3.16. The highest BCUT2D eigenvalue weighted by Crippen LogP contribution is 2.18. The molecule has 0 saturated heterocycles. The summed E-state index contributed by atoms with van der Waals surface area (Å²) in [6.07, 6.45) is 1.09. The van der Waals surface area contributed by atoms with Crippen molar-refractivity contribution in [1.82, 2.24) is 5.32 Å². The second-order valence-electron chi connectivity index (χ2n) is 5.08. The van der Waals surface area contributed by atoms with Crippen LogP contribution in [0.25, 0.3) is 0 Å². The first kappa shape index (κ1) is 13.2. The lowest BCUT2D eigenvalue weighted by atomic mass is 9.97. The van der Waals surface area contributed by atoms with Gasteiger partial charge in [0.15, 0.2) is 0 Å². The summed E-state index contributed by atoms with van der Waals surface area (Å²) >= 11 is 0. The van der Waals surface area contributed by atoms with Gasteiger partial charge in [0.1, 0.15) is 0 Å². The molecule has 2 nitrogen and oxygen atoms in total. The van der Waals surface area contributed by atoms with E-state index in [-0.39, 0.29) is 11.6 Å². The van der Waals surface area contributed by atoms with Gasteiger partial charge in [0.25, 0.3) is 0 Å². The SMILES string of the molecule is CCC(C)(C)NC(CN)c1ccc(C)cc1. The van der Waals surface area contributed by atoms with Gasteiger partial charge in [0.2, 0.25) is 0 Å². The van der Waals surface area contributed by atoms with Crippen molar-refractivity contribution in [3.8, 4) is 0 Å². The molecule has 0 spiro atoms. The van der Waals surface area contributed by atoms with Gasteiger partial charge in [-0.3, -0.25) is 0 Å². The van der Waals surface area contributed by atoms with Crippen molar-refractivity contribution in [1.29, 1.82) is 0 Å². The van der Waals surface area contributed by atoms with Crippen LogP contribution in [-0.4, -0.2) is 12.1 Å². The van der Waals surface area contributed by atoms with Crippen molar-refractivity contribution in [2.45, 2.75) is 45.7 Å². The number of hydrogen-bond acceptors (Lipinski definition) is 2. The number of benzene rings is 1. The zero-order valence-electron chi connectivity index (χ0n) is 10.9. The van der Waals surface area contributed by atoms with Gasteiger partial charge in [-0.25, -0.2) is 0 Å². The number of rotatable bonds is 5. The lowest BCUT2D eigenvalue weighted by molar-refractivity contribution is 0.329. The van der Waals surface area contributed by atoms with Crippen LogP contribution in [0.5, 0.6) is 0 Å². The Morgan fingerprint density at radius 2 is 1.81 bits per heavy atom. The molecule has 2 heteroatoms. The molecule has 1 atom stereocenters. The van der Waals surface area contributed by atoms with Crippen LogP contribution in [0.1, 0.15) is 44.4 Å². The fourth-order valence-electron chi connectivity index (χ4n) is 1.65. The van der Waals surface area contributed by atoms with Gasteiger partial charge in [-0.05, 0) is 32.8 Å². The predicted octanol–water partition coefficient (Wildman–Crippen LogP) is 2.77. The lowest BCUT2D eigenvalue weighted by Gasteiger charge is -2.30. The molecular weight excluding hydrogens is 196 g/mol. The smallest absolute Gasteiger partial charge is 0.0448 e. The first-order chi connectivity index (χ1) is 7.48. The Balaban J connectivity index is 2.78. The van der Waals surface area contributed by atoms with Gasteiger partial charge < -0.3 is 11.1 Å². The molecule has 1 rings (SSSR count). The summed E-state index contributed by atoms with van der Waals surface area (Å²) in [5.41, 5.74) is 8.54. The maximum atomic E-state index is 5.84. The quantitative estimate of drug-likeness (QED) is 0.800. The third kappa shape index (κ3) is 3.62. The van der Waals surface area contributed by atoms with Crippen molar-refractivity contribution in [2.75, 3.05) is 6.54 Å². The standard InChI is InChI=1S/C14H24N2/c1-5-14(3,4)16-13(10-15)12-8-6-11(2)7-9-12/h6-9,13,16H,5,10,15H2,1-4H3. The van der Waals surface area contributed by atoms with Crippen molar-refractivity contribution in [2.24, 2.45) is 5.73 Å². The average Bonchev–Trinajstić information content (AvgIpc) is 2.27. The molecule has 1 unspecified atom stereocenters. The molecule has 0 bridgehead atoms. The highest BCUT2D eigenvalue weighted by molar-refractivity contribution is 5.24. The molecular formula is C14H24N2. The second kappa shape index (κ2) is 5.46. The first-order valence-electron chi connectivity index (χ1n) is 6.03. The topological polar surface area (TPSA) is 38.0 Å². The highest BCUT2D eigenvalue weighted by atomic mass is 15.0. The molecule has 1 aromatic rings. The highest BCUT2D eigenvalue weighted by Gasteiger charge is 2.20. The molecule has 0 radical (unpaired) electrons. The van der Waals surface area contributed by atoms with E-state index in [9.17, 15) is 0 Å². The maximum Gasteiger partial charge on any atom is 0.0448 e. The molecule has 0 aromatic heterocycles. The fraction of sp³-hybridized carbons (Fsp3) is 0.571. The van der Waals surface area contributed by atoms with Gasteiger partial charge in [-0.15, -0.1) is 0 Å². The van der Waals surface area contributed by atoms with Crippen LogP contribution in [0.4, 0.5) is 0 Å². The number of hydrogen-bond donors (Lipinski definition) is 2. The number of nitrogens with one attached hydrogen (secondary N) is 1. The van der Waals surface area contributed by atoms with Gasteiger partial charge >= 0.3 is 0 Å². The molecule has 90 valence electrons. The average molecular weight is 220 g/mol. The van der Waals surface area contributed by atoms with Gasteiger partial charge in [-0.1, -0.05) is 36.8 Å². The van der Waals surface area contributed by atoms with Crippen molar-refractivity contribution in [3.05, 3.63) is 35.4 Å². The molecule has 0 aliphatic heterocycles. The molecule has 0 heterocycles. The zero-order chi connectivity index (χ0) is 12.2. The Kier molecular flexibility index (Phi) is 4.51. The minimum absolute atomic E-state index is 0.134. The number of nitrogens with two attached hydrogens (primary N) is 1. The Hall–Kier alpha value is -0.860. The summed E-state index contributed by atoms with van der Waals surface area (Å²) in [5, 5.41) is 3.60. The fourth-order valence-corrected chi connectivity index (χ4v) is 1.65. The first-order valence-corrected chi connectivity index (χ1v) is 6.03. The van der Waals surface area contributed by atoms with E-state index in [1.807, 2.05) is 0 Å². The summed E-state index contributed by atoms with van der Waals surface area (Å²) in [6, 6.07) is 8.84. The van der Waals surface area contributed by atoms with Gasteiger partial charge in [0, 0.05) is 18.1 Å². The minimum atomic E-state index is 0.134. The molecule has 0 fully saturated rings. The third-order valence-electron chi connectivity index (χ3n) is 3.16. The van der Waals surface area contributed by atoms with E-state index in [0.29, 0.717) is 6.54 Å². The van der Waals surface area contributed by atoms with E-state index in [2.05, 4.69) is 57.3 Å². The van der Waals surface area contributed by atoms with Crippen molar-refractivity contribution >= 4 is 0 Å². The van der Waals surface area contributed by atoms with Gasteiger partial charge in [-0.2, -0.15) is 0 Å². The Morgan fingerprint density at radius 3 is 2.25 bits per heavy atom. The summed E-state index contributed by atoms with van der Waals surface area (Å²) in [7, 11) is 0. The predicted molar refractivity (Wildman–Crippen MR) is 70.5 cm³/mol.